The topological polar surface area (TPSA) is 52.7 Å². The van der Waals surface area contributed by atoms with Gasteiger partial charge in [0.1, 0.15) is 11.6 Å². The molecule has 1 atom stereocenters. The Kier molecular flexibility index (Phi) is 4.55. The molecule has 0 aliphatic rings. The third-order valence-corrected chi connectivity index (χ3v) is 4.18. The van der Waals surface area contributed by atoms with Gasteiger partial charge in [0.25, 0.3) is 5.56 Å². The van der Waals surface area contributed by atoms with E-state index in [9.17, 15) is 22.4 Å². The van der Waals surface area contributed by atoms with E-state index in [1.54, 1.807) is 4.57 Å². The number of alkyl halides is 3. The van der Waals surface area contributed by atoms with Gasteiger partial charge in [0.15, 0.2) is 11.2 Å². The molecule has 3 rings (SSSR count). The van der Waals surface area contributed by atoms with Crippen molar-refractivity contribution in [2.75, 3.05) is 0 Å². The summed E-state index contributed by atoms with van der Waals surface area (Å²) in [5.74, 6) is -2.26. The second-order valence-electron chi connectivity index (χ2n) is 5.99. The third kappa shape index (κ3) is 3.21. The van der Waals surface area contributed by atoms with Crippen molar-refractivity contribution >= 4 is 11.2 Å². The van der Waals surface area contributed by atoms with Crippen molar-refractivity contribution in [1.29, 1.82) is 0 Å². The Hall–Kier alpha value is -2.71. The first kappa shape index (κ1) is 18.1. The zero-order chi connectivity index (χ0) is 19.1. The van der Waals surface area contributed by atoms with E-state index < -0.39 is 29.9 Å². The minimum atomic E-state index is -4.43. The number of benzene rings is 1. The summed E-state index contributed by atoms with van der Waals surface area (Å²) in [5.41, 5.74) is -0.0563. The lowest BCUT2D eigenvalue weighted by Gasteiger charge is -2.18. The van der Waals surface area contributed by atoms with Crippen LogP contribution in [0.15, 0.2) is 35.4 Å². The Balaban J connectivity index is 2.26. The minimum Gasteiger partial charge on any atom is -0.315 e. The molecule has 0 amide bonds. The van der Waals surface area contributed by atoms with Crippen LogP contribution in [-0.4, -0.2) is 25.3 Å². The number of rotatable bonds is 4. The molecule has 0 radical (unpaired) electrons. The molecular weight excluding hydrogens is 352 g/mol. The zero-order valence-electron chi connectivity index (χ0n) is 14.1. The van der Waals surface area contributed by atoms with Crippen LogP contribution in [0.4, 0.5) is 17.6 Å². The zero-order valence-corrected chi connectivity index (χ0v) is 14.1. The van der Waals surface area contributed by atoms with Crippen LogP contribution in [-0.2, 0) is 13.0 Å². The van der Waals surface area contributed by atoms with Crippen molar-refractivity contribution in [3.8, 4) is 5.69 Å². The summed E-state index contributed by atoms with van der Waals surface area (Å²) in [6.45, 7) is 3.31. The number of halogens is 4. The monoisotopic (exact) mass is 368 g/mol. The first-order valence-corrected chi connectivity index (χ1v) is 8.01. The summed E-state index contributed by atoms with van der Waals surface area (Å²) in [6.07, 6.45) is -3.49. The van der Waals surface area contributed by atoms with Crippen LogP contribution in [0.1, 0.15) is 19.7 Å². The molecule has 1 aromatic carbocycles. The number of nitrogens with zero attached hydrogens (tertiary/aromatic N) is 4. The largest absolute Gasteiger partial charge is 0.391 e. The van der Waals surface area contributed by atoms with Gasteiger partial charge < -0.3 is 4.57 Å². The van der Waals surface area contributed by atoms with E-state index in [2.05, 4.69) is 9.97 Å². The molecule has 0 saturated heterocycles. The molecule has 0 aliphatic carbocycles. The van der Waals surface area contributed by atoms with Crippen LogP contribution in [0.3, 0.4) is 0 Å². The summed E-state index contributed by atoms with van der Waals surface area (Å²) in [6, 6.07) is 4.91. The average molecular weight is 368 g/mol. The molecule has 1 unspecified atom stereocenters. The van der Waals surface area contributed by atoms with E-state index in [-0.39, 0.29) is 22.7 Å². The van der Waals surface area contributed by atoms with Gasteiger partial charge in [-0.3, -0.25) is 9.36 Å². The van der Waals surface area contributed by atoms with Crippen LogP contribution in [0.25, 0.3) is 16.9 Å². The fraction of sp³-hybridized carbons (Fsp3) is 0.353. The van der Waals surface area contributed by atoms with Crippen LogP contribution < -0.4 is 5.56 Å². The predicted molar refractivity (Wildman–Crippen MR) is 87.7 cm³/mol. The molecule has 0 bridgehead atoms. The first-order chi connectivity index (χ1) is 12.2. The van der Waals surface area contributed by atoms with E-state index in [1.165, 1.54) is 18.5 Å². The van der Waals surface area contributed by atoms with Crippen molar-refractivity contribution in [2.45, 2.75) is 33.0 Å². The number of fused-ring (bicyclic) bond motifs is 1. The Morgan fingerprint density at radius 1 is 1.19 bits per heavy atom. The highest BCUT2D eigenvalue weighted by molar-refractivity contribution is 5.70. The molecule has 0 N–H and O–H groups in total. The highest BCUT2D eigenvalue weighted by Crippen LogP contribution is 2.28. The lowest BCUT2D eigenvalue weighted by Crippen LogP contribution is -2.29. The van der Waals surface area contributed by atoms with Gasteiger partial charge in [0.05, 0.1) is 17.9 Å². The maximum atomic E-state index is 13.2. The van der Waals surface area contributed by atoms with Gasteiger partial charge in [-0.25, -0.2) is 14.4 Å². The van der Waals surface area contributed by atoms with Crippen molar-refractivity contribution in [2.24, 2.45) is 5.92 Å². The normalized spacial score (nSPS) is 13.3. The molecule has 0 saturated carbocycles. The molecule has 9 heteroatoms. The standard InChI is InChI=1S/C17H16F4N4O/c1-3-24-9-22-14-15(24)23-13(8-10(2)17(19,20)21)25(16(14)26)12-6-4-11(18)5-7-12/h4-7,9-10H,3,8H2,1-2H3. The van der Waals surface area contributed by atoms with Gasteiger partial charge in [-0.05, 0) is 31.2 Å². The summed E-state index contributed by atoms with van der Waals surface area (Å²) < 4.78 is 55.0. The Bertz CT molecular complexity index is 989. The molecule has 2 heterocycles. The maximum Gasteiger partial charge on any atom is 0.391 e. The highest BCUT2D eigenvalue weighted by atomic mass is 19.4. The van der Waals surface area contributed by atoms with E-state index in [0.717, 1.165) is 23.6 Å². The van der Waals surface area contributed by atoms with E-state index in [0.29, 0.717) is 6.54 Å². The second-order valence-corrected chi connectivity index (χ2v) is 5.99. The molecule has 5 nitrogen and oxygen atoms in total. The summed E-state index contributed by atoms with van der Waals surface area (Å²) in [7, 11) is 0. The van der Waals surface area contributed by atoms with Crippen LogP contribution >= 0.6 is 0 Å². The summed E-state index contributed by atoms with van der Waals surface area (Å²) in [5, 5.41) is 0. The van der Waals surface area contributed by atoms with Crippen molar-refractivity contribution in [1.82, 2.24) is 19.1 Å². The molecule has 0 spiro atoms. The van der Waals surface area contributed by atoms with Crippen LogP contribution in [0.2, 0.25) is 0 Å². The molecule has 3 aromatic rings. The Labute approximate surface area is 145 Å². The highest BCUT2D eigenvalue weighted by Gasteiger charge is 2.37. The maximum absolute atomic E-state index is 13.2. The quantitative estimate of drug-likeness (QED) is 0.663. The van der Waals surface area contributed by atoms with Crippen molar-refractivity contribution in [3.05, 3.63) is 52.6 Å². The summed E-state index contributed by atoms with van der Waals surface area (Å²) >= 11 is 0. The first-order valence-electron chi connectivity index (χ1n) is 8.01. The number of hydrogen-bond acceptors (Lipinski definition) is 3. The van der Waals surface area contributed by atoms with Crippen LogP contribution in [0, 0.1) is 11.7 Å². The van der Waals surface area contributed by atoms with Gasteiger partial charge in [-0.15, -0.1) is 0 Å². The third-order valence-electron chi connectivity index (χ3n) is 4.18. The molecule has 26 heavy (non-hydrogen) atoms. The number of hydrogen-bond donors (Lipinski definition) is 0. The fourth-order valence-corrected chi connectivity index (χ4v) is 2.65. The van der Waals surface area contributed by atoms with Gasteiger partial charge in [0.2, 0.25) is 0 Å². The van der Waals surface area contributed by atoms with Gasteiger partial charge in [-0.1, -0.05) is 6.92 Å². The van der Waals surface area contributed by atoms with Gasteiger partial charge in [-0.2, -0.15) is 13.2 Å². The predicted octanol–water partition coefficient (Wildman–Crippen LogP) is 3.48. The average Bonchev–Trinajstić information content (AvgIpc) is 2.99. The van der Waals surface area contributed by atoms with E-state index in [4.69, 9.17) is 0 Å². The van der Waals surface area contributed by atoms with Crippen LogP contribution in [0.5, 0.6) is 0 Å². The van der Waals surface area contributed by atoms with E-state index >= 15 is 0 Å². The SMILES string of the molecule is CCn1cnc2c(=O)n(-c3ccc(F)cc3)c(CC(C)C(F)(F)F)nc21. The van der Waals surface area contributed by atoms with Crippen molar-refractivity contribution in [3.63, 3.8) is 0 Å². The van der Waals surface area contributed by atoms with Crippen molar-refractivity contribution < 1.29 is 17.6 Å². The Morgan fingerprint density at radius 2 is 1.85 bits per heavy atom. The fourth-order valence-electron chi connectivity index (χ4n) is 2.65. The number of aromatic nitrogens is 4. The lowest BCUT2D eigenvalue weighted by molar-refractivity contribution is -0.169. The van der Waals surface area contributed by atoms with Gasteiger partial charge >= 0.3 is 6.18 Å². The smallest absolute Gasteiger partial charge is 0.315 e. The lowest BCUT2D eigenvalue weighted by atomic mass is 10.1. The van der Waals surface area contributed by atoms with E-state index in [1.807, 2.05) is 6.92 Å². The number of imidazole rings is 1. The molecule has 138 valence electrons. The second kappa shape index (κ2) is 6.54. The molecular formula is C17H16F4N4O. The molecule has 0 fully saturated rings. The van der Waals surface area contributed by atoms with Gasteiger partial charge in [0, 0.05) is 13.0 Å². The molecule has 2 aromatic heterocycles. The summed E-state index contributed by atoms with van der Waals surface area (Å²) in [4.78, 5) is 21.2. The minimum absolute atomic E-state index is 0.0471. The Morgan fingerprint density at radius 3 is 2.42 bits per heavy atom. The molecule has 0 aliphatic heterocycles. The number of aryl methyl sites for hydroxylation is 1.